The van der Waals surface area contributed by atoms with Crippen molar-refractivity contribution in [1.82, 2.24) is 15.1 Å². The third-order valence-corrected chi connectivity index (χ3v) is 8.03. The molecule has 5 rings (SSSR count). The number of nitrogens with one attached hydrogen (secondary N) is 1. The highest BCUT2D eigenvalue weighted by molar-refractivity contribution is 5.99. The predicted octanol–water partition coefficient (Wildman–Crippen LogP) is 7.57. The number of rotatable bonds is 7. The van der Waals surface area contributed by atoms with Gasteiger partial charge >= 0.3 is 5.97 Å². The van der Waals surface area contributed by atoms with Crippen molar-refractivity contribution in [3.8, 4) is 11.1 Å². The van der Waals surface area contributed by atoms with E-state index in [0.29, 0.717) is 23.6 Å². The second-order valence-corrected chi connectivity index (χ2v) is 12.6. The zero-order valence-corrected chi connectivity index (χ0v) is 24.9. The Morgan fingerprint density at radius 3 is 2.39 bits per heavy atom. The first-order valence-corrected chi connectivity index (χ1v) is 14.7. The van der Waals surface area contributed by atoms with Gasteiger partial charge in [-0.05, 0) is 93.3 Å². The summed E-state index contributed by atoms with van der Waals surface area (Å²) < 4.78 is 7.61. The van der Waals surface area contributed by atoms with Crippen LogP contribution in [0.25, 0.3) is 22.0 Å². The van der Waals surface area contributed by atoms with Gasteiger partial charge in [0.05, 0.1) is 23.3 Å². The molecule has 0 bridgehead atoms. The molecule has 1 amide bonds. The maximum Gasteiger partial charge on any atom is 0.339 e. The van der Waals surface area contributed by atoms with E-state index in [1.807, 2.05) is 80.9 Å². The predicted molar refractivity (Wildman–Crippen MR) is 164 cm³/mol. The number of carbonyl (C=O) groups excluding carboxylic acids is 2. The summed E-state index contributed by atoms with van der Waals surface area (Å²) in [6.45, 7) is 11.3. The van der Waals surface area contributed by atoms with Crippen LogP contribution in [-0.4, -0.2) is 33.8 Å². The van der Waals surface area contributed by atoms with E-state index < -0.39 is 5.60 Å². The molecule has 3 aromatic carbocycles. The van der Waals surface area contributed by atoms with E-state index in [4.69, 9.17) is 9.84 Å². The molecular formula is C35H41N3O3. The number of aryl methyl sites for hydroxylation is 1. The van der Waals surface area contributed by atoms with Crippen LogP contribution in [0.2, 0.25) is 0 Å². The Morgan fingerprint density at radius 2 is 1.68 bits per heavy atom. The van der Waals surface area contributed by atoms with Crippen molar-refractivity contribution in [2.24, 2.45) is 11.8 Å². The first kappa shape index (κ1) is 28.6. The lowest BCUT2D eigenvalue weighted by Gasteiger charge is -2.26. The molecule has 0 spiro atoms. The van der Waals surface area contributed by atoms with Crippen molar-refractivity contribution in [2.75, 3.05) is 6.54 Å². The van der Waals surface area contributed by atoms with Gasteiger partial charge in [-0.15, -0.1) is 0 Å². The number of benzene rings is 3. The normalized spacial score (nSPS) is 17.4. The number of carbonyl (C=O) groups is 2. The van der Waals surface area contributed by atoms with Gasteiger partial charge in [0, 0.05) is 17.5 Å². The standard InChI is InChI=1S/C35H41N3O3/c1-23-10-12-25(13-11-23)21-36-33(39)28-18-19-32-31(20-28)24(2)37-38(32)22-26-14-16-27(17-15-26)29-8-6-7-9-30(29)34(40)41-35(3,4)5/h6-9,14-20,23,25H,10-13,21-22H2,1-5H3,(H,36,39). The van der Waals surface area contributed by atoms with E-state index >= 15 is 0 Å². The molecule has 0 unspecified atom stereocenters. The van der Waals surface area contributed by atoms with Gasteiger partial charge in [-0.2, -0.15) is 5.10 Å². The zero-order valence-electron chi connectivity index (χ0n) is 24.9. The summed E-state index contributed by atoms with van der Waals surface area (Å²) in [4.78, 5) is 25.7. The van der Waals surface area contributed by atoms with E-state index in [2.05, 4.69) is 24.4 Å². The first-order valence-electron chi connectivity index (χ1n) is 14.7. The zero-order chi connectivity index (χ0) is 29.1. The summed E-state index contributed by atoms with van der Waals surface area (Å²) in [6, 6.07) is 21.6. The topological polar surface area (TPSA) is 73.2 Å². The minimum Gasteiger partial charge on any atom is -0.456 e. The molecular weight excluding hydrogens is 510 g/mol. The van der Waals surface area contributed by atoms with Crippen molar-refractivity contribution in [1.29, 1.82) is 0 Å². The Bertz CT molecular complexity index is 1540. The van der Waals surface area contributed by atoms with Gasteiger partial charge in [0.1, 0.15) is 5.60 Å². The van der Waals surface area contributed by atoms with Crippen LogP contribution in [0.4, 0.5) is 0 Å². The van der Waals surface area contributed by atoms with Crippen LogP contribution in [0.1, 0.15) is 85.4 Å². The quantitative estimate of drug-likeness (QED) is 0.240. The van der Waals surface area contributed by atoms with Crippen molar-refractivity contribution in [3.05, 3.63) is 89.1 Å². The molecule has 0 aliphatic heterocycles. The number of ether oxygens (including phenoxy) is 1. The summed E-state index contributed by atoms with van der Waals surface area (Å²) in [6.07, 6.45) is 4.91. The lowest BCUT2D eigenvalue weighted by Crippen LogP contribution is -2.31. The van der Waals surface area contributed by atoms with Gasteiger partial charge in [-0.1, -0.05) is 62.2 Å². The van der Waals surface area contributed by atoms with Crippen LogP contribution in [0.5, 0.6) is 0 Å². The Balaban J connectivity index is 1.29. The van der Waals surface area contributed by atoms with Crippen LogP contribution >= 0.6 is 0 Å². The molecule has 0 radical (unpaired) electrons. The van der Waals surface area contributed by atoms with E-state index in [1.54, 1.807) is 6.07 Å². The Hall–Kier alpha value is -3.93. The number of aromatic nitrogens is 2. The van der Waals surface area contributed by atoms with E-state index in [0.717, 1.165) is 45.7 Å². The van der Waals surface area contributed by atoms with E-state index in [9.17, 15) is 9.59 Å². The molecule has 0 saturated heterocycles. The average Bonchev–Trinajstić information content (AvgIpc) is 3.26. The van der Waals surface area contributed by atoms with Crippen LogP contribution in [0.3, 0.4) is 0 Å². The smallest absolute Gasteiger partial charge is 0.339 e. The lowest BCUT2D eigenvalue weighted by molar-refractivity contribution is 0.00703. The van der Waals surface area contributed by atoms with E-state index in [1.165, 1.54) is 25.7 Å². The fraction of sp³-hybridized carbons (Fsp3) is 0.400. The van der Waals surface area contributed by atoms with Crippen LogP contribution in [-0.2, 0) is 11.3 Å². The molecule has 1 aromatic heterocycles. The van der Waals surface area contributed by atoms with Gasteiger partial charge in [-0.3, -0.25) is 9.48 Å². The van der Waals surface area contributed by atoms with Gasteiger partial charge in [-0.25, -0.2) is 4.79 Å². The molecule has 4 aromatic rings. The molecule has 1 saturated carbocycles. The highest BCUT2D eigenvalue weighted by atomic mass is 16.6. The SMILES string of the molecule is Cc1nn(Cc2ccc(-c3ccccc3C(=O)OC(C)(C)C)cc2)c2ccc(C(=O)NCC3CCC(C)CC3)cc12. The third-order valence-electron chi connectivity index (χ3n) is 8.03. The maximum absolute atomic E-state index is 12.9. The van der Waals surface area contributed by atoms with Gasteiger partial charge in [0.25, 0.3) is 5.91 Å². The molecule has 41 heavy (non-hydrogen) atoms. The maximum atomic E-state index is 12.9. The summed E-state index contributed by atoms with van der Waals surface area (Å²) in [5.41, 5.74) is 5.47. The van der Waals surface area contributed by atoms with Crippen molar-refractivity contribution in [2.45, 2.75) is 72.4 Å². The van der Waals surface area contributed by atoms with Crippen molar-refractivity contribution < 1.29 is 14.3 Å². The van der Waals surface area contributed by atoms with Crippen LogP contribution < -0.4 is 5.32 Å². The minimum absolute atomic E-state index is 0.0140. The van der Waals surface area contributed by atoms with Gasteiger partial charge < -0.3 is 10.1 Å². The first-order chi connectivity index (χ1) is 19.6. The van der Waals surface area contributed by atoms with Crippen LogP contribution in [0.15, 0.2) is 66.7 Å². The van der Waals surface area contributed by atoms with Crippen molar-refractivity contribution >= 4 is 22.8 Å². The summed E-state index contributed by atoms with van der Waals surface area (Å²) in [5.74, 6) is 1.05. The van der Waals surface area contributed by atoms with Gasteiger partial charge in [0.2, 0.25) is 0 Å². The Labute approximate surface area is 243 Å². The number of fused-ring (bicyclic) bond motifs is 1. The molecule has 6 heteroatoms. The molecule has 1 heterocycles. The van der Waals surface area contributed by atoms with E-state index in [-0.39, 0.29) is 11.9 Å². The molecule has 6 nitrogen and oxygen atoms in total. The van der Waals surface area contributed by atoms with Crippen molar-refractivity contribution in [3.63, 3.8) is 0 Å². The summed E-state index contributed by atoms with van der Waals surface area (Å²) in [7, 11) is 0. The third kappa shape index (κ3) is 6.87. The van der Waals surface area contributed by atoms with Gasteiger partial charge in [0.15, 0.2) is 0 Å². The highest BCUT2D eigenvalue weighted by Gasteiger charge is 2.21. The second-order valence-electron chi connectivity index (χ2n) is 12.6. The molecule has 1 aliphatic carbocycles. The Morgan fingerprint density at radius 1 is 0.976 bits per heavy atom. The highest BCUT2D eigenvalue weighted by Crippen LogP contribution is 2.29. The number of hydrogen-bond donors (Lipinski definition) is 1. The summed E-state index contributed by atoms with van der Waals surface area (Å²) >= 11 is 0. The fourth-order valence-electron chi connectivity index (χ4n) is 5.68. The van der Waals surface area contributed by atoms with Crippen LogP contribution in [0, 0.1) is 18.8 Å². The molecule has 0 atom stereocenters. The monoisotopic (exact) mass is 551 g/mol. The molecule has 214 valence electrons. The second kappa shape index (κ2) is 11.9. The minimum atomic E-state index is -0.558. The average molecular weight is 552 g/mol. The molecule has 1 N–H and O–H groups in total. The number of nitrogens with zero attached hydrogens (tertiary/aromatic N) is 2. The molecule has 1 fully saturated rings. The molecule has 1 aliphatic rings. The number of hydrogen-bond acceptors (Lipinski definition) is 4. The number of amides is 1. The fourth-order valence-corrected chi connectivity index (χ4v) is 5.68. The Kier molecular flexibility index (Phi) is 8.30. The number of esters is 1. The summed E-state index contributed by atoms with van der Waals surface area (Å²) in [5, 5.41) is 8.94. The largest absolute Gasteiger partial charge is 0.456 e. The lowest BCUT2D eigenvalue weighted by atomic mass is 9.83.